The van der Waals surface area contributed by atoms with Gasteiger partial charge in [0.2, 0.25) is 0 Å². The second-order valence-corrected chi connectivity index (χ2v) is 16.8. The van der Waals surface area contributed by atoms with E-state index in [1.54, 1.807) is 91.0 Å². The summed E-state index contributed by atoms with van der Waals surface area (Å²) in [6.45, 7) is 0. The minimum Gasteiger partial charge on any atom is -0.505 e. The summed E-state index contributed by atoms with van der Waals surface area (Å²) in [7, 11) is -14.6. The van der Waals surface area contributed by atoms with E-state index in [1.165, 1.54) is 18.2 Å². The molecule has 0 unspecified atom stereocenters. The fourth-order valence-electron chi connectivity index (χ4n) is 5.95. The lowest BCUT2D eigenvalue weighted by Gasteiger charge is -2.14. The number of azo groups is 3. The van der Waals surface area contributed by atoms with Crippen LogP contribution < -0.4 is 11.5 Å². The van der Waals surface area contributed by atoms with Crippen molar-refractivity contribution in [2.24, 2.45) is 30.7 Å². The molecule has 0 saturated carbocycles. The zero-order valence-corrected chi connectivity index (χ0v) is 32.3. The van der Waals surface area contributed by atoms with Crippen LogP contribution in [0.3, 0.4) is 0 Å². The number of hydrogen-bond acceptors (Lipinski definition) is 15. The second kappa shape index (κ2) is 15.4. The summed E-state index contributed by atoms with van der Waals surface area (Å²) in [5, 5.41) is 35.9. The molecule has 298 valence electrons. The summed E-state index contributed by atoms with van der Waals surface area (Å²) in [6.07, 6.45) is 0. The van der Waals surface area contributed by atoms with E-state index in [0.29, 0.717) is 27.8 Å². The number of nitrogens with two attached hydrogens (primary N) is 2. The average molecular weight is 853 g/mol. The first-order valence-corrected chi connectivity index (χ1v) is 21.1. The van der Waals surface area contributed by atoms with Crippen LogP contribution in [0.2, 0.25) is 0 Å². The highest BCUT2D eigenvalue weighted by Crippen LogP contribution is 2.48. The normalized spacial score (nSPS) is 12.7. The monoisotopic (exact) mass is 852 g/mol. The minimum atomic E-state index is -5.07. The van der Waals surface area contributed by atoms with Crippen molar-refractivity contribution >= 4 is 97.4 Å². The van der Waals surface area contributed by atoms with Crippen LogP contribution in [-0.2, 0) is 30.4 Å². The van der Waals surface area contributed by atoms with Gasteiger partial charge >= 0.3 is 0 Å². The molecule has 0 amide bonds. The van der Waals surface area contributed by atoms with Crippen LogP contribution in [-0.4, -0.2) is 44.0 Å². The number of phenols is 1. The first-order valence-electron chi connectivity index (χ1n) is 16.8. The fourth-order valence-corrected chi connectivity index (χ4v) is 7.78. The average Bonchev–Trinajstić information content (AvgIpc) is 3.19. The molecule has 0 aliphatic heterocycles. The molecular weight excluding hydrogens is 825 g/mol. The van der Waals surface area contributed by atoms with Crippen molar-refractivity contribution in [2.45, 2.75) is 14.7 Å². The Balaban J connectivity index is 1.17. The van der Waals surface area contributed by atoms with Gasteiger partial charge in [0.05, 0.1) is 38.7 Å². The number of rotatable bonds is 10. The number of benzene rings is 7. The van der Waals surface area contributed by atoms with Gasteiger partial charge in [-0.05, 0) is 89.3 Å². The maximum absolute atomic E-state index is 12.5. The Hall–Kier alpha value is -7.01. The number of anilines is 2. The number of hydrogen-bond donors (Lipinski definition) is 6. The van der Waals surface area contributed by atoms with Gasteiger partial charge in [0.1, 0.15) is 21.2 Å². The second-order valence-electron chi connectivity index (χ2n) is 12.6. The molecule has 7 rings (SSSR count). The van der Waals surface area contributed by atoms with Crippen molar-refractivity contribution in [2.75, 3.05) is 11.5 Å². The summed E-state index contributed by atoms with van der Waals surface area (Å²) >= 11 is 0. The third kappa shape index (κ3) is 8.50. The smallest absolute Gasteiger partial charge is 0.296 e. The van der Waals surface area contributed by atoms with Crippen LogP contribution in [0.25, 0.3) is 32.7 Å². The van der Waals surface area contributed by atoms with E-state index < -0.39 is 63.0 Å². The van der Waals surface area contributed by atoms with E-state index in [4.69, 9.17) is 11.5 Å². The van der Waals surface area contributed by atoms with Gasteiger partial charge in [-0.15, -0.1) is 15.3 Å². The van der Waals surface area contributed by atoms with E-state index in [2.05, 4.69) is 30.7 Å². The topological polar surface area (TPSA) is 310 Å². The largest absolute Gasteiger partial charge is 0.505 e. The molecule has 0 atom stereocenters. The molecule has 0 heterocycles. The van der Waals surface area contributed by atoms with E-state index in [9.17, 15) is 44.0 Å². The summed E-state index contributed by atoms with van der Waals surface area (Å²) < 4.78 is 102. The number of phenolic OH excluding ortho intramolecular Hbond substituents is 1. The highest BCUT2D eigenvalue weighted by atomic mass is 32.2. The molecule has 21 heteroatoms. The van der Waals surface area contributed by atoms with E-state index >= 15 is 0 Å². The van der Waals surface area contributed by atoms with Gasteiger partial charge in [0, 0.05) is 16.5 Å². The Labute approximate surface area is 335 Å². The Morgan fingerprint density at radius 1 is 0.475 bits per heavy atom. The molecule has 0 aliphatic carbocycles. The lowest BCUT2D eigenvalue weighted by Crippen LogP contribution is -2.03. The number of nitrogens with zero attached hydrogens (tertiary/aromatic N) is 6. The van der Waals surface area contributed by atoms with Crippen LogP contribution in [0.5, 0.6) is 5.75 Å². The zero-order chi connectivity index (χ0) is 42.3. The quantitative estimate of drug-likeness (QED) is 0.0425. The van der Waals surface area contributed by atoms with Crippen molar-refractivity contribution < 1.29 is 44.0 Å². The van der Waals surface area contributed by atoms with E-state index in [1.807, 2.05) is 0 Å². The lowest BCUT2D eigenvalue weighted by atomic mass is 10.0. The first-order chi connectivity index (χ1) is 27.9. The summed E-state index contributed by atoms with van der Waals surface area (Å²) in [5.41, 5.74) is 13.8. The lowest BCUT2D eigenvalue weighted by molar-refractivity contribution is 0.472. The van der Waals surface area contributed by atoms with Crippen LogP contribution in [0.1, 0.15) is 0 Å². The third-order valence-electron chi connectivity index (χ3n) is 8.79. The van der Waals surface area contributed by atoms with Gasteiger partial charge in [-0.25, -0.2) is 0 Å². The third-order valence-corrected chi connectivity index (χ3v) is 11.4. The van der Waals surface area contributed by atoms with Crippen LogP contribution in [0, 0.1) is 0 Å². The highest BCUT2D eigenvalue weighted by molar-refractivity contribution is 7.86. The van der Waals surface area contributed by atoms with Gasteiger partial charge in [0.15, 0.2) is 5.75 Å². The Bertz CT molecular complexity index is 3260. The maximum Gasteiger partial charge on any atom is 0.296 e. The fraction of sp³-hybridized carbons (Fsp3) is 0. The van der Waals surface area contributed by atoms with Crippen LogP contribution in [0.4, 0.5) is 45.5 Å². The predicted molar refractivity (Wildman–Crippen MR) is 219 cm³/mol. The minimum absolute atomic E-state index is 0.225. The first kappa shape index (κ1) is 40.2. The van der Waals surface area contributed by atoms with Crippen LogP contribution in [0.15, 0.2) is 167 Å². The van der Waals surface area contributed by atoms with Gasteiger partial charge in [-0.1, -0.05) is 48.5 Å². The highest BCUT2D eigenvalue weighted by Gasteiger charge is 2.28. The standard InChI is InChI=1S/C38H28N8O10S3/c39-30-16-17-31(28-15-14-27(20-29(28)30)57(48,49)50)44-41-25-10-6-21(7-11-25)22-8-12-26(13-9-22)43-45-36-32(58(51,52)53)18-23-19-33(59(54,55)56)37(38(47)34(23)35(36)40)46-42-24-4-2-1-3-5-24/h1-20,47H,39-40H2,(H,48,49,50)(H,51,52,53)(H,54,55,56). The van der Waals surface area contributed by atoms with Crippen LogP contribution >= 0.6 is 0 Å². The molecule has 7 aromatic carbocycles. The van der Waals surface area contributed by atoms with Gasteiger partial charge < -0.3 is 16.6 Å². The predicted octanol–water partition coefficient (Wildman–Crippen LogP) is 9.52. The molecule has 59 heavy (non-hydrogen) atoms. The molecule has 0 saturated heterocycles. The molecular formula is C38H28N8O10S3. The molecule has 8 N–H and O–H groups in total. The molecule has 0 fully saturated rings. The Kier molecular flexibility index (Phi) is 10.5. The maximum atomic E-state index is 12.5. The summed E-state index contributed by atoms with van der Waals surface area (Å²) in [4.78, 5) is -2.08. The van der Waals surface area contributed by atoms with Crippen molar-refractivity contribution in [3.05, 3.63) is 121 Å². The number of fused-ring (bicyclic) bond motifs is 2. The molecule has 18 nitrogen and oxygen atoms in total. The Morgan fingerprint density at radius 2 is 0.983 bits per heavy atom. The van der Waals surface area contributed by atoms with Crippen molar-refractivity contribution in [3.8, 4) is 16.9 Å². The SMILES string of the molecule is Nc1ccc(N=Nc2ccc(-c3ccc(N=Nc4c(S(=O)(=O)O)cc5cc(S(=O)(=O)O)c(N=Nc6ccccc6)c(O)c5c4N)cc3)cc2)c2ccc(S(=O)(=O)O)cc12. The molecule has 0 radical (unpaired) electrons. The van der Waals surface area contributed by atoms with Gasteiger partial charge in [-0.2, -0.15) is 40.6 Å². The van der Waals surface area contributed by atoms with E-state index in [0.717, 1.165) is 23.3 Å². The van der Waals surface area contributed by atoms with Gasteiger partial charge in [0.25, 0.3) is 30.4 Å². The van der Waals surface area contributed by atoms with Crippen molar-refractivity contribution in [1.82, 2.24) is 0 Å². The number of nitrogen functional groups attached to an aromatic ring is 2. The van der Waals surface area contributed by atoms with Crippen molar-refractivity contribution in [1.29, 1.82) is 0 Å². The molecule has 7 aromatic rings. The van der Waals surface area contributed by atoms with Gasteiger partial charge in [-0.3, -0.25) is 13.7 Å². The van der Waals surface area contributed by atoms with Crippen molar-refractivity contribution in [3.63, 3.8) is 0 Å². The summed E-state index contributed by atoms with van der Waals surface area (Å²) in [5.74, 6) is -0.877. The number of aromatic hydroxyl groups is 1. The molecule has 0 aromatic heterocycles. The molecule has 0 spiro atoms. The summed E-state index contributed by atoms with van der Waals surface area (Å²) in [6, 6.07) is 30.4. The Morgan fingerprint density at radius 3 is 1.53 bits per heavy atom. The zero-order valence-electron chi connectivity index (χ0n) is 29.8. The van der Waals surface area contributed by atoms with E-state index in [-0.39, 0.29) is 27.0 Å². The molecule has 0 bridgehead atoms. The molecule has 0 aliphatic rings.